The van der Waals surface area contributed by atoms with Crippen LogP contribution in [0.1, 0.15) is 28.8 Å². The van der Waals surface area contributed by atoms with E-state index in [-0.39, 0.29) is 16.6 Å². The van der Waals surface area contributed by atoms with Crippen molar-refractivity contribution < 1.29 is 4.39 Å². The van der Waals surface area contributed by atoms with Crippen LogP contribution in [0.4, 0.5) is 4.39 Å². The van der Waals surface area contributed by atoms with Gasteiger partial charge in [0.15, 0.2) is 0 Å². The molecule has 0 amide bonds. The Balaban J connectivity index is 2.28. The van der Waals surface area contributed by atoms with Gasteiger partial charge in [-0.25, -0.2) is 4.39 Å². The molecule has 2 atom stereocenters. The van der Waals surface area contributed by atoms with Crippen LogP contribution in [0, 0.1) is 5.82 Å². The largest absolute Gasteiger partial charge is 0.265 e. The molecule has 0 aliphatic carbocycles. The van der Waals surface area contributed by atoms with E-state index in [1.54, 1.807) is 18.5 Å². The van der Waals surface area contributed by atoms with Crippen LogP contribution in [0.25, 0.3) is 0 Å². The summed E-state index contributed by atoms with van der Waals surface area (Å²) in [5.74, 6) is -0.101. The van der Waals surface area contributed by atoms with Gasteiger partial charge in [-0.3, -0.25) is 4.98 Å². The van der Waals surface area contributed by atoms with Crippen LogP contribution in [0.2, 0.25) is 5.02 Å². The molecular weight excluding hydrogens is 317 g/mol. The van der Waals surface area contributed by atoms with Crippen LogP contribution in [-0.4, -0.2) is 4.98 Å². The van der Waals surface area contributed by atoms with E-state index in [1.165, 1.54) is 12.1 Å². The fourth-order valence-electron chi connectivity index (χ4n) is 1.83. The van der Waals surface area contributed by atoms with Crippen LogP contribution in [0.5, 0.6) is 0 Å². The van der Waals surface area contributed by atoms with Gasteiger partial charge in [-0.15, -0.1) is 0 Å². The maximum absolute atomic E-state index is 13.0. The number of hydrogen-bond acceptors (Lipinski definition) is 1. The monoisotopic (exact) mass is 327 g/mol. The molecule has 2 unspecified atom stereocenters. The highest BCUT2D eigenvalue weighted by Crippen LogP contribution is 2.40. The van der Waals surface area contributed by atoms with Crippen LogP contribution < -0.4 is 0 Å². The summed E-state index contributed by atoms with van der Waals surface area (Å²) >= 11 is 9.71. The first kappa shape index (κ1) is 13.5. The van der Waals surface area contributed by atoms with Gasteiger partial charge >= 0.3 is 0 Å². The highest BCUT2D eigenvalue weighted by molar-refractivity contribution is 9.09. The first-order chi connectivity index (χ1) is 8.59. The van der Waals surface area contributed by atoms with Crippen molar-refractivity contribution in [3.63, 3.8) is 0 Å². The normalized spacial score (nSPS) is 14.2. The van der Waals surface area contributed by atoms with Crippen LogP contribution in [-0.2, 0) is 0 Å². The van der Waals surface area contributed by atoms with Crippen LogP contribution >= 0.6 is 27.5 Å². The molecular formula is C14H12BrClFN. The van der Waals surface area contributed by atoms with E-state index in [4.69, 9.17) is 11.6 Å². The van der Waals surface area contributed by atoms with Crippen molar-refractivity contribution in [2.75, 3.05) is 0 Å². The molecule has 1 nitrogen and oxygen atoms in total. The molecule has 2 rings (SSSR count). The van der Waals surface area contributed by atoms with Crippen molar-refractivity contribution in [3.05, 3.63) is 64.7 Å². The number of nitrogens with zero attached hydrogens (tertiary/aromatic N) is 1. The molecule has 1 aromatic carbocycles. The third kappa shape index (κ3) is 2.90. The molecule has 0 saturated heterocycles. The molecule has 0 fully saturated rings. The van der Waals surface area contributed by atoms with Crippen molar-refractivity contribution in [2.45, 2.75) is 17.7 Å². The molecule has 4 heteroatoms. The van der Waals surface area contributed by atoms with E-state index in [0.29, 0.717) is 5.02 Å². The van der Waals surface area contributed by atoms with E-state index in [0.717, 1.165) is 11.1 Å². The Morgan fingerprint density at radius 2 is 1.89 bits per heavy atom. The summed E-state index contributed by atoms with van der Waals surface area (Å²) in [7, 11) is 0. The first-order valence-electron chi connectivity index (χ1n) is 5.58. The van der Waals surface area contributed by atoms with Crippen molar-refractivity contribution in [1.82, 2.24) is 4.98 Å². The summed E-state index contributed by atoms with van der Waals surface area (Å²) in [6, 6.07) is 8.42. The fraction of sp³-hybridized carbons (Fsp3) is 0.214. The third-order valence-electron chi connectivity index (χ3n) is 2.93. The SMILES string of the molecule is CC(c1ccncc1)C(Br)c1ccc(F)cc1Cl. The van der Waals surface area contributed by atoms with Gasteiger partial charge < -0.3 is 0 Å². The predicted molar refractivity (Wildman–Crippen MR) is 75.7 cm³/mol. The molecule has 18 heavy (non-hydrogen) atoms. The standard InChI is InChI=1S/C14H12BrClFN/c1-9(10-4-6-18-7-5-10)14(15)12-3-2-11(17)8-13(12)16/h2-9,14H,1H3. The molecule has 94 valence electrons. The van der Waals surface area contributed by atoms with Gasteiger partial charge in [-0.05, 0) is 41.3 Å². The van der Waals surface area contributed by atoms with Crippen molar-refractivity contribution in [3.8, 4) is 0 Å². The van der Waals surface area contributed by atoms with Gasteiger partial charge in [0.1, 0.15) is 5.82 Å². The average Bonchev–Trinajstić information content (AvgIpc) is 2.38. The summed E-state index contributed by atoms with van der Waals surface area (Å²) in [5, 5.41) is 0.442. The highest BCUT2D eigenvalue weighted by atomic mass is 79.9. The molecule has 1 aromatic heterocycles. The van der Waals surface area contributed by atoms with E-state index in [9.17, 15) is 4.39 Å². The lowest BCUT2D eigenvalue weighted by Crippen LogP contribution is -2.03. The Labute approximate surface area is 119 Å². The second kappa shape index (κ2) is 5.81. The maximum Gasteiger partial charge on any atom is 0.124 e. The minimum Gasteiger partial charge on any atom is -0.265 e. The maximum atomic E-state index is 13.0. The molecule has 1 heterocycles. The molecule has 0 aliphatic rings. The summed E-state index contributed by atoms with van der Waals surface area (Å²) in [6.45, 7) is 2.09. The molecule has 2 aromatic rings. The Kier molecular flexibility index (Phi) is 4.36. The lowest BCUT2D eigenvalue weighted by molar-refractivity contribution is 0.626. The lowest BCUT2D eigenvalue weighted by Gasteiger charge is -2.20. The number of halogens is 3. The Hall–Kier alpha value is -0.930. The topological polar surface area (TPSA) is 12.9 Å². The average molecular weight is 329 g/mol. The number of alkyl halides is 1. The minimum absolute atomic E-state index is 0.0352. The Bertz CT molecular complexity index is 533. The quantitative estimate of drug-likeness (QED) is 0.713. The number of pyridine rings is 1. The number of hydrogen-bond donors (Lipinski definition) is 0. The summed E-state index contributed by atoms with van der Waals surface area (Å²) in [5.41, 5.74) is 2.05. The number of benzene rings is 1. The minimum atomic E-state index is -0.319. The first-order valence-corrected chi connectivity index (χ1v) is 6.88. The third-order valence-corrected chi connectivity index (χ3v) is 4.54. The van der Waals surface area contributed by atoms with E-state index in [2.05, 4.69) is 27.8 Å². The number of aromatic nitrogens is 1. The van der Waals surface area contributed by atoms with E-state index < -0.39 is 0 Å². The predicted octanol–water partition coefficient (Wildman–Crippen LogP) is 5.11. The molecule has 0 bridgehead atoms. The van der Waals surface area contributed by atoms with Gasteiger partial charge in [0.25, 0.3) is 0 Å². The van der Waals surface area contributed by atoms with Gasteiger partial charge in [0.05, 0.1) is 0 Å². The molecule has 0 saturated carbocycles. The molecule has 0 radical (unpaired) electrons. The van der Waals surface area contributed by atoms with E-state index in [1.807, 2.05) is 12.1 Å². The summed E-state index contributed by atoms with van der Waals surface area (Å²) in [6.07, 6.45) is 3.52. The lowest BCUT2D eigenvalue weighted by atomic mass is 9.94. The second-order valence-electron chi connectivity index (χ2n) is 4.14. The summed E-state index contributed by atoms with van der Waals surface area (Å²) in [4.78, 5) is 4.03. The van der Waals surface area contributed by atoms with Crippen molar-refractivity contribution in [1.29, 1.82) is 0 Å². The van der Waals surface area contributed by atoms with Crippen LogP contribution in [0.3, 0.4) is 0 Å². The van der Waals surface area contributed by atoms with E-state index >= 15 is 0 Å². The van der Waals surface area contributed by atoms with Crippen molar-refractivity contribution in [2.24, 2.45) is 0 Å². The zero-order valence-corrected chi connectivity index (χ0v) is 12.1. The highest BCUT2D eigenvalue weighted by Gasteiger charge is 2.20. The smallest absolute Gasteiger partial charge is 0.124 e. The van der Waals surface area contributed by atoms with Crippen LogP contribution in [0.15, 0.2) is 42.7 Å². The summed E-state index contributed by atoms with van der Waals surface area (Å²) < 4.78 is 13.0. The van der Waals surface area contributed by atoms with Crippen molar-refractivity contribution >= 4 is 27.5 Å². The molecule has 0 aliphatic heterocycles. The van der Waals surface area contributed by atoms with Gasteiger partial charge in [-0.2, -0.15) is 0 Å². The Morgan fingerprint density at radius 3 is 2.50 bits per heavy atom. The number of rotatable bonds is 3. The fourth-order valence-corrected chi connectivity index (χ4v) is 2.95. The zero-order chi connectivity index (χ0) is 13.1. The second-order valence-corrected chi connectivity index (χ2v) is 5.53. The Morgan fingerprint density at radius 1 is 1.22 bits per heavy atom. The van der Waals surface area contributed by atoms with Gasteiger partial charge in [-0.1, -0.05) is 40.5 Å². The van der Waals surface area contributed by atoms with Gasteiger partial charge in [0.2, 0.25) is 0 Å². The molecule has 0 N–H and O–H groups in total. The zero-order valence-electron chi connectivity index (χ0n) is 9.78. The molecule has 0 spiro atoms. The van der Waals surface area contributed by atoms with Gasteiger partial charge in [0, 0.05) is 22.2 Å².